The number of carbonyl (C=O) groups excluding carboxylic acids is 3. The Kier molecular flexibility index (Phi) is 8.94. The van der Waals surface area contributed by atoms with Crippen molar-refractivity contribution in [2.24, 2.45) is 5.92 Å². The third-order valence-electron chi connectivity index (χ3n) is 4.52. The lowest BCUT2D eigenvalue weighted by molar-refractivity contribution is -0.150. The third kappa shape index (κ3) is 7.29. The minimum Gasteiger partial charge on any atom is -0.497 e. The number of sulfonamides is 1. The number of ether oxygens (including phenoxy) is 3. The molecule has 0 fully saturated rings. The van der Waals surface area contributed by atoms with E-state index in [4.69, 9.17) is 14.2 Å². The van der Waals surface area contributed by atoms with Gasteiger partial charge in [0.2, 0.25) is 10.0 Å². The number of amides is 2. The molecule has 2 aromatic rings. The van der Waals surface area contributed by atoms with Gasteiger partial charge in [-0.05, 0) is 54.4 Å². The van der Waals surface area contributed by atoms with Crippen LogP contribution in [0.4, 0.5) is 0 Å². The first kappa shape index (κ1) is 25.8. The van der Waals surface area contributed by atoms with Gasteiger partial charge in [0.05, 0.1) is 19.1 Å². The predicted octanol–water partition coefficient (Wildman–Crippen LogP) is 1.51. The Morgan fingerprint density at radius 1 is 0.879 bits per heavy atom. The second kappa shape index (κ2) is 11.4. The second-order valence-corrected chi connectivity index (χ2v) is 8.95. The topological polar surface area (TPSA) is 137 Å². The van der Waals surface area contributed by atoms with E-state index in [2.05, 4.69) is 10.0 Å². The van der Waals surface area contributed by atoms with Crippen LogP contribution in [0.15, 0.2) is 53.4 Å². The summed E-state index contributed by atoms with van der Waals surface area (Å²) in [6.07, 6.45) is 0. The van der Waals surface area contributed by atoms with Crippen LogP contribution in [0.25, 0.3) is 0 Å². The minimum atomic E-state index is -4.05. The number of esters is 1. The number of nitrogens with one attached hydrogen (secondary N) is 2. The number of carbonyl (C=O) groups is 3. The van der Waals surface area contributed by atoms with E-state index < -0.39 is 46.4 Å². The Hall–Kier alpha value is -3.44. The maximum absolute atomic E-state index is 12.6. The van der Waals surface area contributed by atoms with Gasteiger partial charge in [-0.2, -0.15) is 4.72 Å². The number of rotatable bonds is 10. The zero-order chi connectivity index (χ0) is 24.6. The summed E-state index contributed by atoms with van der Waals surface area (Å²) < 4.78 is 42.5. The van der Waals surface area contributed by atoms with E-state index in [-0.39, 0.29) is 10.5 Å². The van der Waals surface area contributed by atoms with Crippen molar-refractivity contribution in [1.82, 2.24) is 10.0 Å². The summed E-state index contributed by atoms with van der Waals surface area (Å²) in [5.41, 5.74) is 0.211. The first-order valence-electron chi connectivity index (χ1n) is 9.88. The van der Waals surface area contributed by atoms with Crippen molar-refractivity contribution in [3.8, 4) is 11.5 Å². The maximum Gasteiger partial charge on any atom is 0.324 e. The maximum atomic E-state index is 12.6. The molecule has 0 saturated heterocycles. The van der Waals surface area contributed by atoms with Crippen molar-refractivity contribution in [2.45, 2.75) is 24.8 Å². The molecule has 0 bridgehead atoms. The standard InChI is InChI=1S/C22H26N2O8S/c1-14(2)20(24-33(28,29)18-11-9-17(31-4)10-12-18)22(27)32-13-19(25)23-21(26)15-5-7-16(30-3)8-6-15/h5-12,14,20,24H,13H2,1-4H3,(H,23,25,26)/t20-/m0/s1. The van der Waals surface area contributed by atoms with E-state index in [1.807, 2.05) is 0 Å². The smallest absolute Gasteiger partial charge is 0.324 e. The average molecular weight is 479 g/mol. The molecule has 0 aliphatic heterocycles. The highest BCUT2D eigenvalue weighted by molar-refractivity contribution is 7.89. The molecule has 1 atom stereocenters. The second-order valence-electron chi connectivity index (χ2n) is 7.23. The van der Waals surface area contributed by atoms with Crippen molar-refractivity contribution in [1.29, 1.82) is 0 Å². The lowest BCUT2D eigenvalue weighted by Gasteiger charge is -2.20. The highest BCUT2D eigenvalue weighted by atomic mass is 32.2. The van der Waals surface area contributed by atoms with Gasteiger partial charge >= 0.3 is 5.97 Å². The van der Waals surface area contributed by atoms with Crippen molar-refractivity contribution < 1.29 is 37.0 Å². The molecule has 0 aliphatic carbocycles. The van der Waals surface area contributed by atoms with Gasteiger partial charge in [-0.15, -0.1) is 0 Å². The molecule has 0 radical (unpaired) electrons. The number of benzene rings is 2. The summed E-state index contributed by atoms with van der Waals surface area (Å²) in [7, 11) is -1.11. The average Bonchev–Trinajstić information content (AvgIpc) is 2.80. The van der Waals surface area contributed by atoms with Gasteiger partial charge in [0.25, 0.3) is 11.8 Å². The molecule has 0 aromatic heterocycles. The van der Waals surface area contributed by atoms with E-state index in [1.54, 1.807) is 26.0 Å². The molecule has 0 unspecified atom stereocenters. The fourth-order valence-electron chi connectivity index (χ4n) is 2.65. The number of methoxy groups -OCH3 is 2. The molecule has 2 N–H and O–H groups in total. The van der Waals surface area contributed by atoms with E-state index in [0.717, 1.165) is 0 Å². The molecule has 2 amide bonds. The predicted molar refractivity (Wildman–Crippen MR) is 118 cm³/mol. The van der Waals surface area contributed by atoms with Gasteiger partial charge < -0.3 is 14.2 Å². The van der Waals surface area contributed by atoms with Gasteiger partial charge in [0.15, 0.2) is 6.61 Å². The lowest BCUT2D eigenvalue weighted by atomic mass is 10.1. The quantitative estimate of drug-likeness (QED) is 0.490. The van der Waals surface area contributed by atoms with Crippen LogP contribution in [0, 0.1) is 5.92 Å². The van der Waals surface area contributed by atoms with Crippen LogP contribution in [-0.4, -0.2) is 53.1 Å². The molecule has 0 saturated carbocycles. The van der Waals surface area contributed by atoms with Crippen LogP contribution < -0.4 is 19.5 Å². The Labute approximate surface area is 192 Å². The van der Waals surface area contributed by atoms with Crippen LogP contribution in [-0.2, 0) is 24.3 Å². The van der Waals surface area contributed by atoms with E-state index >= 15 is 0 Å². The third-order valence-corrected chi connectivity index (χ3v) is 5.98. The molecule has 178 valence electrons. The zero-order valence-electron chi connectivity index (χ0n) is 18.7. The SMILES string of the molecule is COc1ccc(C(=O)NC(=O)COC(=O)[C@@H](NS(=O)(=O)c2ccc(OC)cc2)C(C)C)cc1. The highest BCUT2D eigenvalue weighted by Gasteiger charge is 2.30. The molecule has 11 heteroatoms. The van der Waals surface area contributed by atoms with E-state index in [9.17, 15) is 22.8 Å². The molecule has 0 aliphatic rings. The Morgan fingerprint density at radius 2 is 1.39 bits per heavy atom. The molecule has 10 nitrogen and oxygen atoms in total. The summed E-state index contributed by atoms with van der Waals surface area (Å²) in [6, 6.07) is 10.4. The van der Waals surface area contributed by atoms with Crippen molar-refractivity contribution >= 4 is 27.8 Å². The summed E-state index contributed by atoms with van der Waals surface area (Å²) in [4.78, 5) is 36.6. The Balaban J connectivity index is 1.97. The van der Waals surface area contributed by atoms with E-state index in [1.165, 1.54) is 50.6 Å². The van der Waals surface area contributed by atoms with Gasteiger partial charge in [-0.25, -0.2) is 8.42 Å². The molecular weight excluding hydrogens is 452 g/mol. The van der Waals surface area contributed by atoms with E-state index in [0.29, 0.717) is 11.5 Å². The van der Waals surface area contributed by atoms with Crippen LogP contribution in [0.2, 0.25) is 0 Å². The normalized spacial score (nSPS) is 12.0. The van der Waals surface area contributed by atoms with Crippen molar-refractivity contribution in [3.63, 3.8) is 0 Å². The van der Waals surface area contributed by atoms with Crippen LogP contribution >= 0.6 is 0 Å². The van der Waals surface area contributed by atoms with Crippen molar-refractivity contribution in [2.75, 3.05) is 20.8 Å². The number of imide groups is 1. The van der Waals surface area contributed by atoms with Crippen molar-refractivity contribution in [3.05, 3.63) is 54.1 Å². The fourth-order valence-corrected chi connectivity index (χ4v) is 3.98. The van der Waals surface area contributed by atoms with Crippen LogP contribution in [0.3, 0.4) is 0 Å². The summed E-state index contributed by atoms with van der Waals surface area (Å²) in [5.74, 6) is -1.94. The fraction of sp³-hybridized carbons (Fsp3) is 0.318. The summed E-state index contributed by atoms with van der Waals surface area (Å²) in [5, 5.41) is 2.10. The largest absolute Gasteiger partial charge is 0.497 e. The first-order valence-corrected chi connectivity index (χ1v) is 11.4. The molecule has 2 aromatic carbocycles. The number of hydrogen-bond donors (Lipinski definition) is 2. The van der Waals surface area contributed by atoms with Crippen LogP contribution in [0.1, 0.15) is 24.2 Å². The minimum absolute atomic E-state index is 0.0652. The lowest BCUT2D eigenvalue weighted by Crippen LogP contribution is -2.46. The van der Waals surface area contributed by atoms with Crippen LogP contribution in [0.5, 0.6) is 11.5 Å². The summed E-state index contributed by atoms with van der Waals surface area (Å²) >= 11 is 0. The van der Waals surface area contributed by atoms with Gasteiger partial charge in [0, 0.05) is 5.56 Å². The molecule has 0 spiro atoms. The molecular formula is C22H26N2O8S. The molecule has 33 heavy (non-hydrogen) atoms. The molecule has 2 rings (SSSR count). The Bertz CT molecular complexity index is 1080. The van der Waals surface area contributed by atoms with Gasteiger partial charge in [-0.1, -0.05) is 13.8 Å². The monoisotopic (exact) mass is 478 g/mol. The Morgan fingerprint density at radius 3 is 1.88 bits per heavy atom. The highest BCUT2D eigenvalue weighted by Crippen LogP contribution is 2.17. The molecule has 0 heterocycles. The van der Waals surface area contributed by atoms with Gasteiger partial charge in [-0.3, -0.25) is 19.7 Å². The summed E-state index contributed by atoms with van der Waals surface area (Å²) in [6.45, 7) is 2.49. The first-order chi connectivity index (χ1) is 15.6. The van der Waals surface area contributed by atoms with Gasteiger partial charge in [0.1, 0.15) is 17.5 Å². The zero-order valence-corrected chi connectivity index (χ0v) is 19.5. The number of hydrogen-bond acceptors (Lipinski definition) is 8.